The predicted octanol–water partition coefficient (Wildman–Crippen LogP) is 3.51. The van der Waals surface area contributed by atoms with E-state index in [1.54, 1.807) is 6.07 Å². The van der Waals surface area contributed by atoms with Crippen LogP contribution >= 0.6 is 11.6 Å². The van der Waals surface area contributed by atoms with Crippen molar-refractivity contribution in [2.75, 3.05) is 26.1 Å². The van der Waals surface area contributed by atoms with E-state index in [2.05, 4.69) is 5.32 Å². The molecule has 23 heavy (non-hydrogen) atoms. The Kier molecular flexibility index (Phi) is 5.65. The third kappa shape index (κ3) is 4.50. The molecule has 0 aliphatic carbocycles. The lowest BCUT2D eigenvalue weighted by Crippen LogP contribution is -2.20. The minimum atomic E-state index is -0.406. The van der Waals surface area contributed by atoms with Crippen molar-refractivity contribution in [1.29, 1.82) is 0 Å². The van der Waals surface area contributed by atoms with Crippen LogP contribution in [-0.2, 0) is 4.79 Å². The molecule has 2 aromatic rings. The molecule has 7 heteroatoms. The molecule has 2 rings (SSSR count). The van der Waals surface area contributed by atoms with Gasteiger partial charge in [0, 0.05) is 12.1 Å². The van der Waals surface area contributed by atoms with Gasteiger partial charge in [0.25, 0.3) is 5.91 Å². The summed E-state index contributed by atoms with van der Waals surface area (Å²) in [5.41, 5.74) is 0.404. The number of benzene rings is 2. The van der Waals surface area contributed by atoms with Gasteiger partial charge in [0.2, 0.25) is 0 Å². The maximum absolute atomic E-state index is 12.8. The number of hydrogen-bond donors (Lipinski definition) is 1. The van der Waals surface area contributed by atoms with Crippen molar-refractivity contribution in [3.63, 3.8) is 0 Å². The molecule has 122 valence electrons. The summed E-state index contributed by atoms with van der Waals surface area (Å²) in [5.74, 6) is 0.409. The van der Waals surface area contributed by atoms with Crippen molar-refractivity contribution in [1.82, 2.24) is 0 Å². The first-order valence-corrected chi connectivity index (χ1v) is 7.01. The van der Waals surface area contributed by atoms with Crippen LogP contribution in [0.2, 0.25) is 5.02 Å². The highest BCUT2D eigenvalue weighted by Gasteiger charge is 2.13. The highest BCUT2D eigenvalue weighted by molar-refractivity contribution is 6.32. The van der Waals surface area contributed by atoms with E-state index < -0.39 is 5.91 Å². The van der Waals surface area contributed by atoms with Gasteiger partial charge in [0.05, 0.1) is 24.9 Å². The fourth-order valence-electron chi connectivity index (χ4n) is 1.82. The van der Waals surface area contributed by atoms with E-state index in [1.807, 2.05) is 0 Å². The molecule has 1 N–H and O–H groups in total. The minimum absolute atomic E-state index is 0.236. The molecule has 0 saturated carbocycles. The van der Waals surface area contributed by atoms with Crippen molar-refractivity contribution in [3.05, 3.63) is 47.2 Å². The number of carbonyl (C=O) groups excluding carboxylic acids is 1. The first-order chi connectivity index (χ1) is 11.0. The Balaban J connectivity index is 2.03. The molecule has 2 aromatic carbocycles. The van der Waals surface area contributed by atoms with E-state index in [9.17, 15) is 9.18 Å². The van der Waals surface area contributed by atoms with Crippen molar-refractivity contribution < 1.29 is 23.4 Å². The summed E-state index contributed by atoms with van der Waals surface area (Å²) >= 11 is 6.00. The summed E-state index contributed by atoms with van der Waals surface area (Å²) in [6, 6.07) is 8.47. The fourth-order valence-corrected chi connectivity index (χ4v) is 2.05. The molecule has 0 unspecified atom stereocenters. The number of halogens is 2. The molecule has 0 heterocycles. The third-order valence-corrected chi connectivity index (χ3v) is 3.23. The molecule has 0 atom stereocenters. The fraction of sp³-hybridized carbons (Fsp3) is 0.188. The summed E-state index contributed by atoms with van der Waals surface area (Å²) in [6.45, 7) is -0.236. The van der Waals surface area contributed by atoms with Crippen LogP contribution in [0.15, 0.2) is 36.4 Å². The topological polar surface area (TPSA) is 56.8 Å². The standard InChI is InChI=1S/C16H15ClFNO4/c1-21-14-8-13(15(22-2)7-12(14)17)19-16(20)9-23-11-5-3-10(18)4-6-11/h3-8H,9H2,1-2H3,(H,19,20). The number of ether oxygens (including phenoxy) is 3. The molecule has 0 fully saturated rings. The van der Waals surface area contributed by atoms with Crippen molar-refractivity contribution in [2.24, 2.45) is 0 Å². The van der Waals surface area contributed by atoms with Gasteiger partial charge >= 0.3 is 0 Å². The zero-order chi connectivity index (χ0) is 16.8. The molecule has 0 spiro atoms. The first kappa shape index (κ1) is 16.9. The first-order valence-electron chi connectivity index (χ1n) is 6.63. The SMILES string of the molecule is COc1cc(NC(=O)COc2ccc(F)cc2)c(OC)cc1Cl. The minimum Gasteiger partial charge on any atom is -0.495 e. The zero-order valence-electron chi connectivity index (χ0n) is 12.6. The lowest BCUT2D eigenvalue weighted by molar-refractivity contribution is -0.118. The quantitative estimate of drug-likeness (QED) is 0.875. The van der Waals surface area contributed by atoms with Crippen molar-refractivity contribution in [2.45, 2.75) is 0 Å². The molecule has 0 aliphatic heterocycles. The Hall–Kier alpha value is -2.47. The molecular weight excluding hydrogens is 325 g/mol. The van der Waals surface area contributed by atoms with E-state index in [4.69, 9.17) is 25.8 Å². The predicted molar refractivity (Wildman–Crippen MR) is 85.1 cm³/mol. The number of nitrogens with one attached hydrogen (secondary N) is 1. The smallest absolute Gasteiger partial charge is 0.262 e. The van der Waals surface area contributed by atoms with Gasteiger partial charge in [-0.05, 0) is 24.3 Å². The van der Waals surface area contributed by atoms with Crippen LogP contribution in [-0.4, -0.2) is 26.7 Å². The van der Waals surface area contributed by atoms with Gasteiger partial charge in [-0.15, -0.1) is 0 Å². The van der Waals surface area contributed by atoms with Gasteiger partial charge in [-0.1, -0.05) is 11.6 Å². The summed E-state index contributed by atoms with van der Waals surface area (Å²) in [6.07, 6.45) is 0. The van der Waals surface area contributed by atoms with E-state index in [0.717, 1.165) is 0 Å². The molecule has 0 radical (unpaired) electrons. The number of carbonyl (C=O) groups is 1. The second-order valence-corrected chi connectivity index (χ2v) is 4.89. The Morgan fingerprint density at radius 1 is 1.13 bits per heavy atom. The van der Waals surface area contributed by atoms with Gasteiger partial charge in [0.15, 0.2) is 6.61 Å². The van der Waals surface area contributed by atoms with E-state index in [0.29, 0.717) is 28.0 Å². The summed E-state index contributed by atoms with van der Waals surface area (Å²) < 4.78 is 28.3. The second kappa shape index (κ2) is 7.69. The zero-order valence-corrected chi connectivity index (χ0v) is 13.3. The van der Waals surface area contributed by atoms with Crippen LogP contribution < -0.4 is 19.5 Å². The third-order valence-electron chi connectivity index (χ3n) is 2.93. The lowest BCUT2D eigenvalue weighted by Gasteiger charge is -2.13. The number of hydrogen-bond acceptors (Lipinski definition) is 4. The maximum atomic E-state index is 12.8. The highest BCUT2D eigenvalue weighted by Crippen LogP contribution is 2.35. The van der Waals surface area contributed by atoms with Gasteiger partial charge in [-0.25, -0.2) is 4.39 Å². The molecule has 1 amide bonds. The molecule has 0 aliphatic rings. The molecule has 0 saturated heterocycles. The number of anilines is 1. The summed E-state index contributed by atoms with van der Waals surface area (Å²) in [4.78, 5) is 12.0. The van der Waals surface area contributed by atoms with Crippen LogP contribution in [0.1, 0.15) is 0 Å². The van der Waals surface area contributed by atoms with Gasteiger partial charge in [0.1, 0.15) is 23.1 Å². The second-order valence-electron chi connectivity index (χ2n) is 4.48. The number of rotatable bonds is 6. The lowest BCUT2D eigenvalue weighted by atomic mass is 10.2. The Labute approximate surface area is 137 Å². The van der Waals surface area contributed by atoms with Gasteiger partial charge < -0.3 is 19.5 Å². The van der Waals surface area contributed by atoms with Crippen LogP contribution in [0.25, 0.3) is 0 Å². The van der Waals surface area contributed by atoms with Gasteiger partial charge in [-0.2, -0.15) is 0 Å². The molecule has 0 bridgehead atoms. The van der Waals surface area contributed by atoms with Crippen molar-refractivity contribution >= 4 is 23.2 Å². The van der Waals surface area contributed by atoms with E-state index >= 15 is 0 Å². The largest absolute Gasteiger partial charge is 0.495 e. The number of amides is 1. The monoisotopic (exact) mass is 339 g/mol. The Morgan fingerprint density at radius 3 is 2.39 bits per heavy atom. The Morgan fingerprint density at radius 2 is 1.78 bits per heavy atom. The highest BCUT2D eigenvalue weighted by atomic mass is 35.5. The van der Waals surface area contributed by atoms with Crippen LogP contribution in [0.5, 0.6) is 17.2 Å². The average Bonchev–Trinajstić information content (AvgIpc) is 2.55. The summed E-state index contributed by atoms with van der Waals surface area (Å²) in [7, 11) is 2.93. The number of methoxy groups -OCH3 is 2. The molecular formula is C16H15ClFNO4. The Bertz CT molecular complexity index is 691. The maximum Gasteiger partial charge on any atom is 0.262 e. The normalized spacial score (nSPS) is 10.1. The van der Waals surface area contributed by atoms with Crippen LogP contribution in [0, 0.1) is 5.82 Å². The van der Waals surface area contributed by atoms with E-state index in [-0.39, 0.29) is 12.4 Å². The van der Waals surface area contributed by atoms with Gasteiger partial charge in [-0.3, -0.25) is 4.79 Å². The summed E-state index contributed by atoms with van der Waals surface area (Å²) in [5, 5.41) is 3.01. The molecule has 5 nitrogen and oxygen atoms in total. The van der Waals surface area contributed by atoms with Crippen LogP contribution in [0.3, 0.4) is 0 Å². The van der Waals surface area contributed by atoms with Crippen LogP contribution in [0.4, 0.5) is 10.1 Å². The van der Waals surface area contributed by atoms with E-state index in [1.165, 1.54) is 44.6 Å². The average molecular weight is 340 g/mol. The molecule has 0 aromatic heterocycles. The van der Waals surface area contributed by atoms with Crippen molar-refractivity contribution in [3.8, 4) is 17.2 Å².